The van der Waals surface area contributed by atoms with Crippen LogP contribution >= 0.6 is 0 Å². The van der Waals surface area contributed by atoms with E-state index >= 15 is 0 Å². The van der Waals surface area contributed by atoms with E-state index < -0.39 is 5.97 Å². The van der Waals surface area contributed by atoms with E-state index in [2.05, 4.69) is 20.9 Å². The van der Waals surface area contributed by atoms with Crippen molar-refractivity contribution in [3.8, 4) is 5.75 Å². The van der Waals surface area contributed by atoms with Crippen LogP contribution in [0.4, 0.5) is 0 Å². The summed E-state index contributed by atoms with van der Waals surface area (Å²) >= 11 is 0. The summed E-state index contributed by atoms with van der Waals surface area (Å²) < 4.78 is 12.2. The molecule has 146 valence electrons. The summed E-state index contributed by atoms with van der Waals surface area (Å²) in [6, 6.07) is 9.54. The van der Waals surface area contributed by atoms with E-state index in [9.17, 15) is 4.79 Å². The van der Waals surface area contributed by atoms with Gasteiger partial charge in [-0.2, -0.15) is 0 Å². The number of aryl methyl sites for hydroxylation is 1. The van der Waals surface area contributed by atoms with Gasteiger partial charge in [-0.25, -0.2) is 9.79 Å². The monoisotopic (exact) mass is 372 g/mol. The van der Waals surface area contributed by atoms with E-state index in [1.807, 2.05) is 39.3 Å². The number of esters is 1. The third-order valence-corrected chi connectivity index (χ3v) is 4.23. The highest BCUT2D eigenvalue weighted by atomic mass is 16.5. The van der Waals surface area contributed by atoms with Gasteiger partial charge in [0.2, 0.25) is 0 Å². The molecule has 0 saturated carbocycles. The van der Waals surface area contributed by atoms with Crippen LogP contribution in [0.2, 0.25) is 0 Å². The van der Waals surface area contributed by atoms with Gasteiger partial charge in [-0.1, -0.05) is 6.07 Å². The minimum Gasteiger partial charge on any atom is -0.496 e. The Balaban J connectivity index is 2.18. The number of guanidine groups is 1. The highest BCUT2D eigenvalue weighted by molar-refractivity contribution is 5.92. The molecule has 2 aromatic rings. The predicted molar refractivity (Wildman–Crippen MR) is 106 cm³/mol. The number of ether oxygens (including phenoxy) is 2. The van der Waals surface area contributed by atoms with Gasteiger partial charge in [0, 0.05) is 32.5 Å². The van der Waals surface area contributed by atoms with E-state index in [0.29, 0.717) is 17.9 Å². The fourth-order valence-electron chi connectivity index (χ4n) is 2.74. The first-order valence-electron chi connectivity index (χ1n) is 8.85. The van der Waals surface area contributed by atoms with Crippen molar-refractivity contribution in [1.82, 2.24) is 14.8 Å². The molecule has 0 amide bonds. The zero-order valence-corrected chi connectivity index (χ0v) is 16.7. The molecule has 7 heteroatoms. The number of carbonyl (C=O) groups is 1. The second-order valence-electron chi connectivity index (χ2n) is 6.16. The average Bonchev–Trinajstić information content (AvgIpc) is 3.08. The number of methoxy groups -OCH3 is 2. The van der Waals surface area contributed by atoms with Crippen molar-refractivity contribution in [2.24, 2.45) is 12.0 Å². The second kappa shape index (κ2) is 9.66. The third-order valence-electron chi connectivity index (χ3n) is 4.23. The summed E-state index contributed by atoms with van der Waals surface area (Å²) in [5.74, 6) is 0.863. The van der Waals surface area contributed by atoms with Crippen molar-refractivity contribution in [3.63, 3.8) is 0 Å². The highest BCUT2D eigenvalue weighted by Gasteiger charge is 2.14. The third kappa shape index (κ3) is 5.26. The smallest absolute Gasteiger partial charge is 0.341 e. The number of hydrogen-bond donors (Lipinski definition) is 1. The zero-order valence-electron chi connectivity index (χ0n) is 16.7. The Morgan fingerprint density at radius 3 is 2.67 bits per heavy atom. The van der Waals surface area contributed by atoms with Gasteiger partial charge in [0.15, 0.2) is 5.96 Å². The Labute approximate surface area is 160 Å². The number of aromatic nitrogens is 1. The maximum Gasteiger partial charge on any atom is 0.341 e. The minimum atomic E-state index is -0.426. The fraction of sp³-hybridized carbons (Fsp3) is 0.400. The molecular weight excluding hydrogens is 344 g/mol. The molecule has 0 spiro atoms. The van der Waals surface area contributed by atoms with Gasteiger partial charge in [-0.15, -0.1) is 0 Å². The Kier molecular flexibility index (Phi) is 7.28. The maximum atomic E-state index is 11.9. The van der Waals surface area contributed by atoms with Gasteiger partial charge >= 0.3 is 5.97 Å². The molecule has 0 radical (unpaired) electrons. The van der Waals surface area contributed by atoms with Gasteiger partial charge in [0.05, 0.1) is 27.3 Å². The van der Waals surface area contributed by atoms with Crippen LogP contribution in [0.3, 0.4) is 0 Å². The van der Waals surface area contributed by atoms with Gasteiger partial charge < -0.3 is 24.3 Å². The van der Waals surface area contributed by atoms with Crippen molar-refractivity contribution in [3.05, 3.63) is 53.3 Å². The Hall–Kier alpha value is -2.96. The molecule has 1 aromatic heterocycles. The second-order valence-corrected chi connectivity index (χ2v) is 6.16. The Bertz CT molecular complexity index is 798. The molecule has 7 nitrogen and oxygen atoms in total. The van der Waals surface area contributed by atoms with E-state index in [0.717, 1.165) is 24.6 Å². The largest absolute Gasteiger partial charge is 0.496 e. The Morgan fingerprint density at radius 1 is 1.30 bits per heavy atom. The lowest BCUT2D eigenvalue weighted by Crippen LogP contribution is -2.38. The molecular formula is C20H28N4O3. The molecule has 2 rings (SSSR count). The van der Waals surface area contributed by atoms with Crippen LogP contribution in [0.25, 0.3) is 0 Å². The van der Waals surface area contributed by atoms with Gasteiger partial charge in [0.25, 0.3) is 0 Å². The molecule has 0 aliphatic heterocycles. The van der Waals surface area contributed by atoms with E-state index in [-0.39, 0.29) is 0 Å². The molecule has 0 unspecified atom stereocenters. The lowest BCUT2D eigenvalue weighted by atomic mass is 10.1. The number of aliphatic imine (C=N–C) groups is 1. The average molecular weight is 372 g/mol. The van der Waals surface area contributed by atoms with E-state index in [4.69, 9.17) is 14.5 Å². The molecule has 27 heavy (non-hydrogen) atoms. The summed E-state index contributed by atoms with van der Waals surface area (Å²) in [4.78, 5) is 18.7. The van der Waals surface area contributed by atoms with Crippen LogP contribution in [0.15, 0.2) is 41.5 Å². The molecule has 0 atom stereocenters. The summed E-state index contributed by atoms with van der Waals surface area (Å²) in [6.07, 6.45) is 2.03. The topological polar surface area (TPSA) is 68.1 Å². The SMILES string of the molecule is CCNC(=NCc1ccc(OC)c(C(=O)OC)c1)N(C)Cc1cccn1C. The van der Waals surface area contributed by atoms with Crippen molar-refractivity contribution in [2.75, 3.05) is 27.8 Å². The minimum absolute atomic E-state index is 0.398. The molecule has 0 aliphatic carbocycles. The van der Waals surface area contributed by atoms with Crippen LogP contribution in [0.5, 0.6) is 5.75 Å². The normalized spacial score (nSPS) is 11.2. The summed E-state index contributed by atoms with van der Waals surface area (Å²) in [7, 11) is 6.91. The van der Waals surface area contributed by atoms with Crippen molar-refractivity contribution >= 4 is 11.9 Å². The van der Waals surface area contributed by atoms with Gasteiger partial charge in [0.1, 0.15) is 11.3 Å². The first-order chi connectivity index (χ1) is 13.0. The molecule has 0 saturated heterocycles. The summed E-state index contributed by atoms with van der Waals surface area (Å²) in [5.41, 5.74) is 2.49. The van der Waals surface area contributed by atoms with Crippen molar-refractivity contribution < 1.29 is 14.3 Å². The maximum absolute atomic E-state index is 11.9. The first kappa shape index (κ1) is 20.4. The standard InChI is InChI=1S/C20H28N4O3/c1-6-21-20(24(3)14-16-8-7-11-23(16)2)22-13-15-9-10-18(26-4)17(12-15)19(25)27-5/h7-12H,6,13-14H2,1-5H3,(H,21,22). The molecule has 1 heterocycles. The lowest BCUT2D eigenvalue weighted by Gasteiger charge is -2.22. The molecule has 1 aromatic carbocycles. The summed E-state index contributed by atoms with van der Waals surface area (Å²) in [6.45, 7) is 3.99. The van der Waals surface area contributed by atoms with Crippen LogP contribution in [0.1, 0.15) is 28.5 Å². The zero-order chi connectivity index (χ0) is 19.8. The molecule has 0 aliphatic rings. The molecule has 0 bridgehead atoms. The Morgan fingerprint density at radius 2 is 2.07 bits per heavy atom. The number of benzene rings is 1. The number of hydrogen-bond acceptors (Lipinski definition) is 4. The lowest BCUT2D eigenvalue weighted by molar-refractivity contribution is 0.0597. The quantitative estimate of drug-likeness (QED) is 0.459. The van der Waals surface area contributed by atoms with Crippen molar-refractivity contribution in [2.45, 2.75) is 20.0 Å². The van der Waals surface area contributed by atoms with Gasteiger partial charge in [-0.05, 0) is 36.8 Å². The summed E-state index contributed by atoms with van der Waals surface area (Å²) in [5, 5.41) is 3.31. The number of nitrogens with zero attached hydrogens (tertiary/aromatic N) is 3. The number of rotatable bonds is 7. The van der Waals surface area contributed by atoms with Crippen LogP contribution < -0.4 is 10.1 Å². The van der Waals surface area contributed by atoms with Crippen molar-refractivity contribution in [1.29, 1.82) is 0 Å². The number of nitrogens with one attached hydrogen (secondary N) is 1. The van der Waals surface area contributed by atoms with Crippen LogP contribution in [-0.4, -0.2) is 49.2 Å². The molecule has 1 N–H and O–H groups in total. The number of carbonyl (C=O) groups excluding carboxylic acids is 1. The fourth-order valence-corrected chi connectivity index (χ4v) is 2.74. The van der Waals surface area contributed by atoms with E-state index in [1.165, 1.54) is 19.9 Å². The first-order valence-corrected chi connectivity index (χ1v) is 8.85. The highest BCUT2D eigenvalue weighted by Crippen LogP contribution is 2.21. The van der Waals surface area contributed by atoms with Gasteiger partial charge in [-0.3, -0.25) is 0 Å². The van der Waals surface area contributed by atoms with Crippen LogP contribution in [0, 0.1) is 0 Å². The van der Waals surface area contributed by atoms with E-state index in [1.54, 1.807) is 12.1 Å². The predicted octanol–water partition coefficient (Wildman–Crippen LogP) is 2.42. The molecule has 0 fully saturated rings. The van der Waals surface area contributed by atoms with Crippen LogP contribution in [-0.2, 0) is 24.9 Å².